The van der Waals surface area contributed by atoms with Gasteiger partial charge in [-0.05, 0) is 64.7 Å². The largest absolute Gasteiger partial charge is 0.501 e. The molecular formula is C52H47IrN3OSi-2. The van der Waals surface area contributed by atoms with Crippen molar-refractivity contribution in [3.8, 4) is 39.5 Å². The molecule has 0 unspecified atom stereocenters. The summed E-state index contributed by atoms with van der Waals surface area (Å²) in [5.41, 5.74) is 11.6. The first-order chi connectivity index (χ1) is 27.9. The number of pyridine rings is 1. The van der Waals surface area contributed by atoms with Gasteiger partial charge in [0.15, 0.2) is 0 Å². The van der Waals surface area contributed by atoms with Gasteiger partial charge in [0.05, 0.1) is 30.5 Å². The van der Waals surface area contributed by atoms with Crippen molar-refractivity contribution >= 4 is 46.2 Å². The Balaban J connectivity index is 0.000000172. The predicted octanol–water partition coefficient (Wildman–Crippen LogP) is 13.3. The van der Waals surface area contributed by atoms with Crippen molar-refractivity contribution in [2.45, 2.75) is 58.2 Å². The third kappa shape index (κ3) is 8.15. The summed E-state index contributed by atoms with van der Waals surface area (Å²) < 4.78 is 8.54. The Morgan fingerprint density at radius 2 is 1.47 bits per heavy atom. The van der Waals surface area contributed by atoms with Crippen LogP contribution in [0.1, 0.15) is 37.7 Å². The van der Waals surface area contributed by atoms with Gasteiger partial charge in [0, 0.05) is 37.4 Å². The van der Waals surface area contributed by atoms with E-state index in [0.29, 0.717) is 0 Å². The molecule has 0 atom stereocenters. The summed E-state index contributed by atoms with van der Waals surface area (Å²) in [5.74, 6) is 1.69. The third-order valence-electron chi connectivity index (χ3n) is 11.4. The van der Waals surface area contributed by atoms with Gasteiger partial charge < -0.3 is 14.0 Å². The molecule has 1 aliphatic rings. The van der Waals surface area contributed by atoms with Crippen LogP contribution in [0, 0.1) is 18.1 Å². The summed E-state index contributed by atoms with van der Waals surface area (Å²) in [4.78, 5) is 9.83. The van der Waals surface area contributed by atoms with Crippen LogP contribution in [0.3, 0.4) is 0 Å². The molecular weight excluding hydrogens is 903 g/mol. The number of hydrogen-bond acceptors (Lipinski definition) is 3. The van der Waals surface area contributed by atoms with Crippen molar-refractivity contribution in [2.24, 2.45) is 5.92 Å². The summed E-state index contributed by atoms with van der Waals surface area (Å²) in [5, 5.41) is 3.71. The first-order valence-electron chi connectivity index (χ1n) is 20.3. The fraction of sp³-hybridized carbons (Fsp3) is 0.192. The van der Waals surface area contributed by atoms with Crippen LogP contribution in [-0.4, -0.2) is 22.6 Å². The number of imidazole rings is 1. The van der Waals surface area contributed by atoms with Gasteiger partial charge in [-0.3, -0.25) is 4.98 Å². The minimum Gasteiger partial charge on any atom is -0.501 e. The van der Waals surface area contributed by atoms with Gasteiger partial charge in [-0.2, -0.15) is 0 Å². The Kier molecular flexibility index (Phi) is 11.7. The third-order valence-corrected chi connectivity index (χ3v) is 13.4. The van der Waals surface area contributed by atoms with E-state index in [1.807, 2.05) is 48.5 Å². The Morgan fingerprint density at radius 3 is 2.28 bits per heavy atom. The van der Waals surface area contributed by atoms with Crippen LogP contribution in [-0.2, 0) is 26.5 Å². The van der Waals surface area contributed by atoms with Crippen molar-refractivity contribution in [1.29, 1.82) is 0 Å². The molecule has 58 heavy (non-hydrogen) atoms. The topological polar surface area (TPSA) is 43.9 Å². The van der Waals surface area contributed by atoms with E-state index in [9.17, 15) is 0 Å². The van der Waals surface area contributed by atoms with Crippen molar-refractivity contribution in [3.05, 3.63) is 169 Å². The van der Waals surface area contributed by atoms with E-state index in [4.69, 9.17) is 14.4 Å². The Hall–Kier alpha value is -5.39. The zero-order valence-electron chi connectivity index (χ0n) is 33.3. The Labute approximate surface area is 356 Å². The number of furan rings is 1. The molecule has 0 spiro atoms. The molecule has 6 heteroatoms. The maximum absolute atomic E-state index is 6.33. The Bertz CT molecular complexity index is 2800. The second-order valence-electron chi connectivity index (χ2n) is 16.3. The van der Waals surface area contributed by atoms with E-state index >= 15 is 0 Å². The van der Waals surface area contributed by atoms with Crippen LogP contribution in [0.25, 0.3) is 72.4 Å². The fourth-order valence-electron chi connectivity index (χ4n) is 8.51. The number of rotatable bonds is 7. The molecule has 0 bridgehead atoms. The molecule has 0 aliphatic heterocycles. The zero-order chi connectivity index (χ0) is 38.8. The number of fused-ring (bicyclic) bond motifs is 4. The van der Waals surface area contributed by atoms with Gasteiger partial charge in [0.2, 0.25) is 0 Å². The molecule has 1 aliphatic carbocycles. The molecule has 10 rings (SSSR count). The fourth-order valence-corrected chi connectivity index (χ4v) is 10.1. The number of nitrogens with zero attached hydrogens (tertiary/aromatic N) is 3. The average Bonchev–Trinajstić information content (AvgIpc) is 3.84. The minimum absolute atomic E-state index is 0. The summed E-state index contributed by atoms with van der Waals surface area (Å²) in [6.07, 6.45) is 10.5. The average molecular weight is 950 g/mol. The van der Waals surface area contributed by atoms with Crippen LogP contribution in [0.15, 0.2) is 156 Å². The van der Waals surface area contributed by atoms with Crippen LogP contribution in [0.5, 0.6) is 0 Å². The van der Waals surface area contributed by atoms with E-state index in [1.165, 1.54) is 44.1 Å². The molecule has 1 fully saturated rings. The maximum Gasteiger partial charge on any atom is 0.120 e. The van der Waals surface area contributed by atoms with Crippen LogP contribution >= 0.6 is 0 Å². The van der Waals surface area contributed by atoms with E-state index in [0.717, 1.165) is 72.8 Å². The molecule has 4 nitrogen and oxygen atoms in total. The molecule has 3 aromatic heterocycles. The normalized spacial score (nSPS) is 13.3. The first-order valence-corrected chi connectivity index (χ1v) is 23.8. The second-order valence-corrected chi connectivity index (χ2v) is 21.4. The monoisotopic (exact) mass is 950 g/mol. The number of benzene rings is 6. The summed E-state index contributed by atoms with van der Waals surface area (Å²) in [7, 11) is -1.36. The standard InChI is InChI=1S/C31H19N2O.C21H28NSi.Ir/c1-2-10-21(11-3-1)22-12-8-13-23(20-22)33-28-18-6-5-17-27(28)32-31(33)26-16-9-15-25-24-14-4-7-19-29(24)34-30(25)26;1-23(2,3)21-16-22-20(18-12-8-5-9-13-18)15-19(21)14-17-10-6-4-7-11-17;/h1-15,17-20H;5,8-9,12,15-17H,4,6-7,10-11,14H2,1-3H3;/q2*-1;. The maximum atomic E-state index is 6.33. The Morgan fingerprint density at radius 1 is 0.707 bits per heavy atom. The number of aromatic nitrogens is 3. The molecule has 0 saturated heterocycles. The number of hydrogen-bond donors (Lipinski definition) is 0. The molecule has 0 amide bonds. The van der Waals surface area contributed by atoms with Gasteiger partial charge in [0.1, 0.15) is 5.58 Å². The molecule has 0 N–H and O–H groups in total. The van der Waals surface area contributed by atoms with Crippen molar-refractivity contribution < 1.29 is 24.5 Å². The van der Waals surface area contributed by atoms with Crippen molar-refractivity contribution in [1.82, 2.24) is 14.5 Å². The SMILES string of the molecule is C[Si](C)(C)c1cnc(-c2[c-]cccc2)cc1CC1CCCCC1.[Ir].[c-]1ccc2c(oc3ccccc32)c1-c1nc2ccccc2n1-c1cccc(-c2ccccc2)c1. The summed E-state index contributed by atoms with van der Waals surface area (Å²) in [6.45, 7) is 7.30. The van der Waals surface area contributed by atoms with Crippen molar-refractivity contribution in [3.63, 3.8) is 0 Å². The molecule has 3 heterocycles. The predicted molar refractivity (Wildman–Crippen MR) is 240 cm³/mol. The first kappa shape index (κ1) is 39.4. The van der Waals surface area contributed by atoms with E-state index in [-0.39, 0.29) is 20.1 Å². The van der Waals surface area contributed by atoms with Crippen LogP contribution < -0.4 is 5.19 Å². The van der Waals surface area contributed by atoms with Gasteiger partial charge in [-0.25, -0.2) is 0 Å². The van der Waals surface area contributed by atoms with Gasteiger partial charge in [0.25, 0.3) is 0 Å². The van der Waals surface area contributed by atoms with Gasteiger partial charge in [-0.1, -0.05) is 147 Å². The van der Waals surface area contributed by atoms with E-state index < -0.39 is 8.07 Å². The smallest absolute Gasteiger partial charge is 0.120 e. The van der Waals surface area contributed by atoms with Crippen LogP contribution in [0.4, 0.5) is 0 Å². The van der Waals surface area contributed by atoms with Gasteiger partial charge >= 0.3 is 0 Å². The molecule has 1 saturated carbocycles. The number of para-hydroxylation sites is 3. The summed E-state index contributed by atoms with van der Waals surface area (Å²) >= 11 is 0. The molecule has 1 radical (unpaired) electrons. The molecule has 6 aromatic carbocycles. The van der Waals surface area contributed by atoms with Crippen molar-refractivity contribution in [2.75, 3.05) is 0 Å². The van der Waals surface area contributed by atoms with Crippen LogP contribution in [0.2, 0.25) is 19.6 Å². The van der Waals surface area contributed by atoms with E-state index in [2.05, 4.69) is 140 Å². The minimum atomic E-state index is -1.36. The molecule has 9 aromatic rings. The quantitative estimate of drug-likeness (QED) is 0.118. The summed E-state index contributed by atoms with van der Waals surface area (Å²) in [6, 6.07) is 56.7. The van der Waals surface area contributed by atoms with E-state index in [1.54, 1.807) is 10.8 Å². The zero-order valence-corrected chi connectivity index (χ0v) is 36.7. The molecule has 291 valence electrons. The van der Waals surface area contributed by atoms with Gasteiger partial charge in [-0.15, -0.1) is 54.1 Å². The second kappa shape index (κ2) is 17.2.